The number of nitrogens with zero attached hydrogens (tertiary/aromatic N) is 4. The van der Waals surface area contributed by atoms with Crippen LogP contribution in [0.5, 0.6) is 0 Å². The Labute approximate surface area is 169 Å². The molecule has 1 saturated carbocycles. The molecule has 9 heteroatoms. The van der Waals surface area contributed by atoms with Crippen molar-refractivity contribution in [1.82, 2.24) is 19.5 Å². The van der Waals surface area contributed by atoms with Gasteiger partial charge in [0.25, 0.3) is 5.91 Å². The van der Waals surface area contributed by atoms with Crippen LogP contribution in [0.25, 0.3) is 17.0 Å². The monoisotopic (exact) mass is 409 g/mol. The van der Waals surface area contributed by atoms with Gasteiger partial charge in [-0.1, -0.05) is 17.3 Å². The molecule has 1 N–H and O–H groups in total. The maximum Gasteiger partial charge on any atom is 0.274 e. The normalized spacial score (nSPS) is 18.0. The third-order valence-electron chi connectivity index (χ3n) is 5.18. The fourth-order valence-electron chi connectivity index (χ4n) is 3.28. The number of rotatable bonds is 5. The van der Waals surface area contributed by atoms with Gasteiger partial charge in [-0.3, -0.25) is 9.20 Å². The molecule has 0 saturated heterocycles. The van der Waals surface area contributed by atoms with Gasteiger partial charge >= 0.3 is 0 Å². The Morgan fingerprint density at radius 2 is 2.17 bits per heavy atom. The van der Waals surface area contributed by atoms with Gasteiger partial charge in [0.05, 0.1) is 12.1 Å². The van der Waals surface area contributed by atoms with Crippen LogP contribution in [-0.2, 0) is 6.67 Å². The third kappa shape index (κ3) is 3.22. The highest BCUT2D eigenvalue weighted by molar-refractivity contribution is 6.04. The summed E-state index contributed by atoms with van der Waals surface area (Å²) in [6.45, 7) is 1.27. The van der Waals surface area contributed by atoms with Crippen molar-refractivity contribution in [3.8, 4) is 11.4 Å². The fourth-order valence-corrected chi connectivity index (χ4v) is 3.28. The summed E-state index contributed by atoms with van der Waals surface area (Å²) in [4.78, 5) is 21.3. The molecule has 3 aromatic heterocycles. The van der Waals surface area contributed by atoms with Gasteiger partial charge in [-0.2, -0.15) is 4.98 Å². The average molecular weight is 409 g/mol. The number of halogens is 2. The Bertz CT molecular complexity index is 1270. The van der Waals surface area contributed by atoms with Crippen LogP contribution in [-0.4, -0.2) is 31.6 Å². The van der Waals surface area contributed by atoms with Crippen molar-refractivity contribution in [2.45, 2.75) is 32.1 Å². The predicted molar refractivity (Wildman–Crippen MR) is 105 cm³/mol. The van der Waals surface area contributed by atoms with Crippen LogP contribution < -0.4 is 5.32 Å². The van der Waals surface area contributed by atoms with Gasteiger partial charge in [-0.05, 0) is 42.7 Å². The Kier molecular flexibility index (Phi) is 4.30. The summed E-state index contributed by atoms with van der Waals surface area (Å²) in [7, 11) is 0. The molecule has 0 radical (unpaired) electrons. The minimum Gasteiger partial charge on any atom is -0.339 e. The van der Waals surface area contributed by atoms with Gasteiger partial charge < -0.3 is 9.84 Å². The number of benzene rings is 1. The van der Waals surface area contributed by atoms with E-state index >= 15 is 0 Å². The van der Waals surface area contributed by atoms with Crippen molar-refractivity contribution in [2.75, 3.05) is 5.32 Å². The van der Waals surface area contributed by atoms with Crippen molar-refractivity contribution in [3.63, 3.8) is 0 Å². The van der Waals surface area contributed by atoms with Crippen LogP contribution >= 0.6 is 0 Å². The third-order valence-corrected chi connectivity index (χ3v) is 5.18. The van der Waals surface area contributed by atoms with Crippen molar-refractivity contribution in [2.24, 2.45) is 0 Å². The van der Waals surface area contributed by atoms with Crippen LogP contribution in [0.2, 0.25) is 0 Å². The van der Waals surface area contributed by atoms with Crippen LogP contribution in [0.4, 0.5) is 14.5 Å². The number of nitrogens with one attached hydrogen (secondary N) is 1. The van der Waals surface area contributed by atoms with Crippen LogP contribution in [0.15, 0.2) is 47.2 Å². The van der Waals surface area contributed by atoms with Gasteiger partial charge in [0.1, 0.15) is 24.2 Å². The maximum absolute atomic E-state index is 13.2. The fraction of sp³-hybridized carbons (Fsp3) is 0.238. The average Bonchev–Trinajstić information content (AvgIpc) is 3.15. The number of pyridine rings is 1. The zero-order chi connectivity index (χ0) is 20.8. The van der Waals surface area contributed by atoms with Gasteiger partial charge in [0.15, 0.2) is 0 Å². The molecule has 3 heterocycles. The molecule has 1 aromatic carbocycles. The number of anilines is 1. The molecular formula is C21H17F2N5O2. The van der Waals surface area contributed by atoms with Crippen LogP contribution in [0, 0.1) is 6.92 Å². The zero-order valence-corrected chi connectivity index (χ0v) is 16.0. The number of aryl methyl sites for hydroxylation is 1. The predicted octanol–water partition coefficient (Wildman–Crippen LogP) is 4.24. The number of carbonyl (C=O) groups is 1. The standard InChI is InChI=1S/C21H17F2N5O2/c1-11-2-3-13(19-26-21(30-27-19)14-8-15(14)23)7-16(11)25-20(29)17-10-24-18-6-12(9-22)4-5-28(17)18/h2-7,10,14-15H,8-9H2,1H3,(H,25,29)/t14-,15-/m0/s1. The van der Waals surface area contributed by atoms with Gasteiger partial charge in [-0.25, -0.2) is 13.8 Å². The second kappa shape index (κ2) is 7.01. The van der Waals surface area contributed by atoms with Gasteiger partial charge in [0, 0.05) is 17.4 Å². The quantitative estimate of drug-likeness (QED) is 0.533. The minimum atomic E-state index is -0.919. The van der Waals surface area contributed by atoms with Crippen molar-refractivity contribution in [3.05, 3.63) is 65.4 Å². The van der Waals surface area contributed by atoms with Crippen molar-refractivity contribution < 1.29 is 18.1 Å². The lowest BCUT2D eigenvalue weighted by Crippen LogP contribution is -2.15. The van der Waals surface area contributed by atoms with E-state index in [0.29, 0.717) is 46.3 Å². The van der Waals surface area contributed by atoms with E-state index in [0.717, 1.165) is 5.56 Å². The summed E-state index contributed by atoms with van der Waals surface area (Å²) in [6, 6.07) is 8.59. The molecule has 7 nitrogen and oxygen atoms in total. The molecule has 30 heavy (non-hydrogen) atoms. The lowest BCUT2D eigenvalue weighted by atomic mass is 10.1. The van der Waals surface area contributed by atoms with E-state index in [-0.39, 0.29) is 11.8 Å². The largest absolute Gasteiger partial charge is 0.339 e. The minimum absolute atomic E-state index is 0.294. The molecule has 4 aromatic rings. The number of imidazole rings is 1. The molecule has 0 unspecified atom stereocenters. The van der Waals surface area contributed by atoms with Crippen LogP contribution in [0.3, 0.4) is 0 Å². The second-order valence-electron chi connectivity index (χ2n) is 7.34. The first-order valence-electron chi connectivity index (χ1n) is 9.45. The molecule has 1 aliphatic rings. The summed E-state index contributed by atoms with van der Waals surface area (Å²) in [6.07, 6.45) is 2.55. The number of amides is 1. The number of hydrogen-bond donors (Lipinski definition) is 1. The van der Waals surface area contributed by atoms with E-state index in [4.69, 9.17) is 4.52 Å². The number of fused-ring (bicyclic) bond motifs is 1. The lowest BCUT2D eigenvalue weighted by molar-refractivity contribution is 0.102. The summed E-state index contributed by atoms with van der Waals surface area (Å²) in [5.41, 5.74) is 3.38. The second-order valence-corrected chi connectivity index (χ2v) is 7.34. The first kappa shape index (κ1) is 18.4. The first-order chi connectivity index (χ1) is 14.5. The van der Waals surface area contributed by atoms with E-state index in [1.807, 2.05) is 19.1 Å². The molecule has 0 aliphatic heterocycles. The summed E-state index contributed by atoms with van der Waals surface area (Å²) in [5, 5.41) is 6.80. The molecule has 1 fully saturated rings. The molecule has 5 rings (SSSR count). The van der Waals surface area contributed by atoms with E-state index in [9.17, 15) is 13.6 Å². The number of alkyl halides is 2. The number of hydrogen-bond acceptors (Lipinski definition) is 5. The molecular weight excluding hydrogens is 392 g/mol. The topological polar surface area (TPSA) is 85.3 Å². The highest BCUT2D eigenvalue weighted by atomic mass is 19.1. The maximum atomic E-state index is 13.2. The van der Waals surface area contributed by atoms with E-state index < -0.39 is 12.8 Å². The lowest BCUT2D eigenvalue weighted by Gasteiger charge is -2.09. The smallest absolute Gasteiger partial charge is 0.274 e. The van der Waals surface area contributed by atoms with E-state index in [1.165, 1.54) is 6.20 Å². The zero-order valence-electron chi connectivity index (χ0n) is 16.0. The number of carbonyl (C=O) groups excluding carboxylic acids is 1. The highest BCUT2D eigenvalue weighted by Gasteiger charge is 2.43. The summed E-state index contributed by atoms with van der Waals surface area (Å²) >= 11 is 0. The van der Waals surface area contributed by atoms with Crippen LogP contribution in [0.1, 0.15) is 39.8 Å². The SMILES string of the molecule is Cc1ccc(-c2noc([C@H]3C[C@@H]3F)n2)cc1NC(=O)c1cnc2cc(CF)ccn12. The molecule has 2 atom stereocenters. The molecule has 1 aliphatic carbocycles. The summed E-state index contributed by atoms with van der Waals surface area (Å²) < 4.78 is 32.8. The molecule has 152 valence electrons. The Morgan fingerprint density at radius 1 is 1.33 bits per heavy atom. The number of aromatic nitrogens is 4. The van der Waals surface area contributed by atoms with Crippen molar-refractivity contribution in [1.29, 1.82) is 0 Å². The highest BCUT2D eigenvalue weighted by Crippen LogP contribution is 2.43. The molecule has 0 spiro atoms. The molecule has 1 amide bonds. The summed E-state index contributed by atoms with van der Waals surface area (Å²) in [5.74, 6) is -0.0399. The van der Waals surface area contributed by atoms with Gasteiger partial charge in [-0.15, -0.1) is 0 Å². The van der Waals surface area contributed by atoms with Crippen molar-refractivity contribution >= 4 is 17.2 Å². The first-order valence-corrected chi connectivity index (χ1v) is 9.45. The van der Waals surface area contributed by atoms with E-state index in [1.54, 1.807) is 28.8 Å². The Balaban J connectivity index is 1.41. The van der Waals surface area contributed by atoms with Gasteiger partial charge in [0.2, 0.25) is 11.7 Å². The Hall–Kier alpha value is -3.62. The Morgan fingerprint density at radius 3 is 2.93 bits per heavy atom. The van der Waals surface area contributed by atoms with E-state index in [2.05, 4.69) is 20.4 Å². The molecule has 0 bridgehead atoms.